The van der Waals surface area contributed by atoms with Gasteiger partial charge in [0.1, 0.15) is 0 Å². The van der Waals surface area contributed by atoms with Crippen LogP contribution in [-0.4, -0.2) is 68.6 Å². The number of hydrogen-bond acceptors (Lipinski definition) is 7. The number of hydrogen-bond donors (Lipinski definition) is 0. The minimum absolute atomic E-state index is 0.0370. The lowest BCUT2D eigenvalue weighted by Crippen LogP contribution is -2.50. The third-order valence-electron chi connectivity index (χ3n) is 6.15. The van der Waals surface area contributed by atoms with Crippen molar-refractivity contribution in [2.45, 2.75) is 6.42 Å². The second kappa shape index (κ2) is 9.35. The summed E-state index contributed by atoms with van der Waals surface area (Å²) < 4.78 is 10.6. The summed E-state index contributed by atoms with van der Waals surface area (Å²) >= 11 is 0. The molecule has 0 spiro atoms. The van der Waals surface area contributed by atoms with E-state index in [1.807, 2.05) is 11.0 Å². The number of rotatable bonds is 6. The first-order valence-corrected chi connectivity index (χ1v) is 10.7. The van der Waals surface area contributed by atoms with Crippen LogP contribution in [0.3, 0.4) is 0 Å². The van der Waals surface area contributed by atoms with E-state index < -0.39 is 10.8 Å². The molecule has 2 fully saturated rings. The number of methoxy groups -OCH3 is 2. The summed E-state index contributed by atoms with van der Waals surface area (Å²) in [5.74, 6) is 0.549. The van der Waals surface area contributed by atoms with Crippen LogP contribution < -0.4 is 19.3 Å². The van der Waals surface area contributed by atoms with E-state index in [1.165, 1.54) is 13.2 Å². The van der Waals surface area contributed by atoms with E-state index in [1.54, 1.807) is 47.2 Å². The molecule has 0 aromatic heterocycles. The third-order valence-corrected chi connectivity index (χ3v) is 6.15. The highest BCUT2D eigenvalue weighted by Crippen LogP contribution is 2.34. The van der Waals surface area contributed by atoms with Gasteiger partial charge in [0.2, 0.25) is 11.8 Å². The summed E-state index contributed by atoms with van der Waals surface area (Å²) in [6.07, 6.45) is 0.165. The number of ether oxygens (including phenoxy) is 2. The number of nitro benzene ring substituents is 1. The Balaban J connectivity index is 1.38. The van der Waals surface area contributed by atoms with Gasteiger partial charge < -0.3 is 24.2 Å². The number of anilines is 2. The van der Waals surface area contributed by atoms with E-state index in [0.29, 0.717) is 49.9 Å². The van der Waals surface area contributed by atoms with Crippen molar-refractivity contribution in [2.75, 3.05) is 56.7 Å². The van der Waals surface area contributed by atoms with E-state index in [4.69, 9.17) is 9.47 Å². The second-order valence-corrected chi connectivity index (χ2v) is 8.03. The van der Waals surface area contributed by atoms with Gasteiger partial charge in [0.25, 0.3) is 5.69 Å². The lowest BCUT2D eigenvalue weighted by Gasteiger charge is -2.37. The van der Waals surface area contributed by atoms with Gasteiger partial charge in [-0.1, -0.05) is 6.07 Å². The molecule has 0 radical (unpaired) electrons. The van der Waals surface area contributed by atoms with Crippen LogP contribution >= 0.6 is 0 Å². The van der Waals surface area contributed by atoms with Crippen LogP contribution in [0.2, 0.25) is 0 Å². The van der Waals surface area contributed by atoms with Gasteiger partial charge >= 0.3 is 0 Å². The molecule has 2 aliphatic rings. The van der Waals surface area contributed by atoms with E-state index in [-0.39, 0.29) is 23.9 Å². The lowest BCUT2D eigenvalue weighted by molar-refractivity contribution is -0.384. The minimum atomic E-state index is -0.412. The standard InChI is InChI=1S/C23H26N4O6/c1-32-20-7-6-18(14-21(20)33-2)26-15-16(12-22(26)28)23(29)25-10-8-24(9-11-25)17-4-3-5-19(13-17)27(30)31/h3-7,13-14,16H,8-12,15H2,1-2H3. The van der Waals surface area contributed by atoms with Gasteiger partial charge in [0, 0.05) is 68.7 Å². The molecule has 2 amide bonds. The molecule has 0 saturated carbocycles. The molecule has 33 heavy (non-hydrogen) atoms. The van der Waals surface area contributed by atoms with Gasteiger partial charge in [0.05, 0.1) is 25.1 Å². The predicted molar refractivity (Wildman–Crippen MR) is 122 cm³/mol. The Morgan fingerprint density at radius 1 is 1.00 bits per heavy atom. The van der Waals surface area contributed by atoms with Gasteiger partial charge in [-0.15, -0.1) is 0 Å². The largest absolute Gasteiger partial charge is 0.493 e. The molecule has 2 aliphatic heterocycles. The van der Waals surface area contributed by atoms with Crippen LogP contribution in [0.1, 0.15) is 6.42 Å². The van der Waals surface area contributed by atoms with E-state index in [0.717, 1.165) is 5.69 Å². The zero-order chi connectivity index (χ0) is 23.5. The maximum absolute atomic E-state index is 13.1. The molecule has 1 atom stereocenters. The molecule has 0 N–H and O–H groups in total. The molecule has 10 nitrogen and oxygen atoms in total. The molecule has 10 heteroatoms. The van der Waals surface area contributed by atoms with Crippen molar-refractivity contribution in [1.82, 2.24) is 4.90 Å². The molecule has 174 valence electrons. The molecule has 2 saturated heterocycles. The van der Waals surface area contributed by atoms with E-state index >= 15 is 0 Å². The first-order chi connectivity index (χ1) is 15.9. The van der Waals surface area contributed by atoms with Gasteiger partial charge in [-0.2, -0.15) is 0 Å². The third kappa shape index (κ3) is 4.55. The van der Waals surface area contributed by atoms with Gasteiger partial charge in [-0.05, 0) is 18.2 Å². The summed E-state index contributed by atoms with van der Waals surface area (Å²) in [5.41, 5.74) is 1.49. The summed E-state index contributed by atoms with van der Waals surface area (Å²) in [4.78, 5) is 41.9. The average Bonchev–Trinajstić information content (AvgIpc) is 3.24. The molecule has 2 aromatic carbocycles. The van der Waals surface area contributed by atoms with Crippen LogP contribution in [0.15, 0.2) is 42.5 Å². The predicted octanol–water partition coefficient (Wildman–Crippen LogP) is 2.31. The molecule has 0 aliphatic carbocycles. The summed E-state index contributed by atoms with van der Waals surface area (Å²) in [7, 11) is 3.08. The van der Waals surface area contributed by atoms with Gasteiger partial charge in [-0.25, -0.2) is 0 Å². The normalized spacial score (nSPS) is 18.4. The van der Waals surface area contributed by atoms with Crippen LogP contribution in [0.25, 0.3) is 0 Å². The maximum Gasteiger partial charge on any atom is 0.271 e. The highest BCUT2D eigenvalue weighted by Gasteiger charge is 2.38. The molecule has 4 rings (SSSR count). The van der Waals surface area contributed by atoms with Crippen LogP contribution in [0.4, 0.5) is 17.1 Å². The molecule has 2 heterocycles. The fourth-order valence-electron chi connectivity index (χ4n) is 4.36. The Morgan fingerprint density at radius 3 is 2.39 bits per heavy atom. The Labute approximate surface area is 191 Å². The van der Waals surface area contributed by atoms with E-state index in [9.17, 15) is 19.7 Å². The zero-order valence-electron chi connectivity index (χ0n) is 18.6. The number of carbonyl (C=O) groups excluding carboxylic acids is 2. The number of piperazine rings is 1. The first kappa shape index (κ1) is 22.4. The Morgan fingerprint density at radius 2 is 1.73 bits per heavy atom. The topological polar surface area (TPSA) is 105 Å². The monoisotopic (exact) mass is 454 g/mol. The lowest BCUT2D eigenvalue weighted by atomic mass is 10.1. The summed E-state index contributed by atoms with van der Waals surface area (Å²) in [6.45, 7) is 2.48. The van der Waals surface area contributed by atoms with Crippen molar-refractivity contribution in [2.24, 2.45) is 5.92 Å². The van der Waals surface area contributed by atoms with Crippen molar-refractivity contribution in [3.63, 3.8) is 0 Å². The zero-order valence-corrected chi connectivity index (χ0v) is 18.6. The number of nitrogens with zero attached hydrogens (tertiary/aromatic N) is 4. The van der Waals surface area contributed by atoms with Crippen molar-refractivity contribution in [3.05, 3.63) is 52.6 Å². The quantitative estimate of drug-likeness (QED) is 0.487. The number of amides is 2. The molecular weight excluding hydrogens is 428 g/mol. The van der Waals surface area contributed by atoms with Crippen molar-refractivity contribution in [3.8, 4) is 11.5 Å². The Bertz CT molecular complexity index is 1070. The van der Waals surface area contributed by atoms with E-state index in [2.05, 4.69) is 0 Å². The number of carbonyl (C=O) groups is 2. The Kier molecular flexibility index (Phi) is 6.34. The van der Waals surface area contributed by atoms with Crippen molar-refractivity contribution >= 4 is 28.9 Å². The molecule has 0 bridgehead atoms. The minimum Gasteiger partial charge on any atom is -0.493 e. The van der Waals surface area contributed by atoms with Crippen molar-refractivity contribution in [1.29, 1.82) is 0 Å². The summed E-state index contributed by atoms with van der Waals surface area (Å²) in [6, 6.07) is 11.8. The smallest absolute Gasteiger partial charge is 0.271 e. The van der Waals surface area contributed by atoms with Crippen LogP contribution in [0.5, 0.6) is 11.5 Å². The van der Waals surface area contributed by atoms with Gasteiger partial charge in [-0.3, -0.25) is 19.7 Å². The number of benzene rings is 2. The highest BCUT2D eigenvalue weighted by atomic mass is 16.6. The maximum atomic E-state index is 13.1. The fraction of sp³-hybridized carbons (Fsp3) is 0.391. The SMILES string of the molecule is COc1ccc(N2CC(C(=O)N3CCN(c4cccc([N+](=O)[O-])c4)CC3)CC2=O)cc1OC. The number of nitro groups is 1. The molecular formula is C23H26N4O6. The molecule has 1 unspecified atom stereocenters. The van der Waals surface area contributed by atoms with Crippen LogP contribution in [-0.2, 0) is 9.59 Å². The average molecular weight is 454 g/mol. The fourth-order valence-corrected chi connectivity index (χ4v) is 4.36. The van der Waals surface area contributed by atoms with Crippen molar-refractivity contribution < 1.29 is 24.0 Å². The van der Waals surface area contributed by atoms with Crippen LogP contribution in [0, 0.1) is 16.0 Å². The Hall–Kier alpha value is -3.82. The summed E-state index contributed by atoms with van der Waals surface area (Å²) in [5, 5.41) is 11.0. The second-order valence-electron chi connectivity index (χ2n) is 8.03. The van der Waals surface area contributed by atoms with Gasteiger partial charge in [0.15, 0.2) is 11.5 Å². The highest BCUT2D eigenvalue weighted by molar-refractivity contribution is 6.00. The first-order valence-electron chi connectivity index (χ1n) is 10.7. The molecule has 2 aromatic rings. The number of non-ortho nitro benzene ring substituents is 1.